The number of fused-ring (bicyclic) bond motifs is 4. The fourth-order valence-corrected chi connectivity index (χ4v) is 12.0. The highest BCUT2D eigenvalue weighted by molar-refractivity contribution is 7.23. The molecule has 4 aromatic heterocycles. The summed E-state index contributed by atoms with van der Waals surface area (Å²) >= 11 is 6.82. The van der Waals surface area contributed by atoms with Gasteiger partial charge in [0.15, 0.2) is 0 Å². The Kier molecular flexibility index (Phi) is 17.0. The minimum atomic E-state index is -0.174. The van der Waals surface area contributed by atoms with Crippen LogP contribution in [0.2, 0.25) is 0 Å². The molecule has 62 heavy (non-hydrogen) atoms. The minimum absolute atomic E-state index is 0.0675. The maximum absolute atomic E-state index is 12.7. The molecule has 0 spiro atoms. The smallest absolute Gasteiger partial charge is 0.248 e. The maximum Gasteiger partial charge on any atom is 0.248 e. The van der Waals surface area contributed by atoms with Gasteiger partial charge in [0.1, 0.15) is 20.0 Å². The summed E-state index contributed by atoms with van der Waals surface area (Å²) in [7, 11) is 0. The van der Waals surface area contributed by atoms with Gasteiger partial charge in [0.25, 0.3) is 0 Å². The summed E-state index contributed by atoms with van der Waals surface area (Å²) in [5.41, 5.74) is 12.2. The normalized spacial score (nSPS) is 14.1. The van der Waals surface area contributed by atoms with E-state index >= 15 is 0 Å². The van der Waals surface area contributed by atoms with E-state index in [-0.39, 0.29) is 11.8 Å². The van der Waals surface area contributed by atoms with E-state index in [0.29, 0.717) is 36.9 Å². The molecule has 10 nitrogen and oxygen atoms in total. The molecule has 0 bridgehead atoms. The molecule has 2 aliphatic heterocycles. The highest BCUT2D eigenvalue weighted by Gasteiger charge is 2.30. The van der Waals surface area contributed by atoms with Crippen molar-refractivity contribution in [2.45, 2.75) is 99.8 Å². The van der Waals surface area contributed by atoms with Crippen molar-refractivity contribution in [3.63, 3.8) is 0 Å². The van der Waals surface area contributed by atoms with Crippen LogP contribution in [0.4, 0.5) is 10.0 Å². The lowest BCUT2D eigenvalue weighted by Crippen LogP contribution is -2.35. The van der Waals surface area contributed by atoms with Crippen molar-refractivity contribution in [1.29, 1.82) is 0 Å². The van der Waals surface area contributed by atoms with Crippen LogP contribution in [0.5, 0.6) is 0 Å². The quantitative estimate of drug-likeness (QED) is 0.0666. The van der Waals surface area contributed by atoms with Gasteiger partial charge in [-0.3, -0.25) is 19.4 Å². The average molecular weight is 913 g/mol. The van der Waals surface area contributed by atoms with Crippen LogP contribution < -0.4 is 21.7 Å². The maximum atomic E-state index is 12.7. The molecule has 0 aliphatic carbocycles. The van der Waals surface area contributed by atoms with Crippen LogP contribution in [-0.4, -0.2) is 76.4 Å². The molecule has 14 heteroatoms. The molecule has 0 radical (unpaired) electrons. The van der Waals surface area contributed by atoms with Crippen molar-refractivity contribution in [2.75, 3.05) is 43.4 Å². The summed E-state index contributed by atoms with van der Waals surface area (Å²) in [6, 6.07) is 17.5. The van der Waals surface area contributed by atoms with Gasteiger partial charge in [-0.05, 0) is 107 Å². The Balaban J connectivity index is 0.000000189. The molecule has 0 unspecified atom stereocenters. The third kappa shape index (κ3) is 12.0. The number of thiazole rings is 2. The lowest BCUT2D eigenvalue weighted by atomic mass is 10.0. The van der Waals surface area contributed by atoms with Crippen LogP contribution in [0.15, 0.2) is 61.2 Å². The number of rotatable bonds is 13. The molecule has 6 heterocycles. The Hall–Kier alpha value is -3.86. The van der Waals surface area contributed by atoms with Gasteiger partial charge in [0, 0.05) is 72.1 Å². The number of nitrogens with zero attached hydrogens (tertiary/aromatic N) is 4. The lowest BCUT2D eigenvalue weighted by Gasteiger charge is -2.30. The van der Waals surface area contributed by atoms with Gasteiger partial charge in [-0.2, -0.15) is 0 Å². The van der Waals surface area contributed by atoms with E-state index in [1.54, 1.807) is 45.3 Å². The van der Waals surface area contributed by atoms with Gasteiger partial charge in [-0.15, -0.1) is 45.3 Å². The molecule has 0 atom stereocenters. The zero-order chi connectivity index (χ0) is 44.5. The molecule has 8 rings (SSSR count). The molecule has 332 valence electrons. The van der Waals surface area contributed by atoms with Crippen LogP contribution in [0.25, 0.3) is 41.6 Å². The number of para-hydroxylation sites is 2. The summed E-state index contributed by atoms with van der Waals surface area (Å²) in [4.78, 5) is 42.1. The monoisotopic (exact) mass is 912 g/mol. The van der Waals surface area contributed by atoms with Gasteiger partial charge in [0.05, 0.1) is 20.4 Å². The zero-order valence-corrected chi connectivity index (χ0v) is 40.9. The highest BCUT2D eigenvalue weighted by Crippen LogP contribution is 2.47. The summed E-state index contributed by atoms with van der Waals surface area (Å²) in [6.45, 7) is 27.5. The number of hydrogen-bond acceptors (Lipinski definition) is 12. The van der Waals surface area contributed by atoms with E-state index in [0.717, 1.165) is 94.3 Å². The third-order valence-electron chi connectivity index (χ3n) is 10.9. The minimum Gasteiger partial charge on any atom is -0.330 e. The van der Waals surface area contributed by atoms with Gasteiger partial charge >= 0.3 is 0 Å². The molecule has 2 amide bonds. The van der Waals surface area contributed by atoms with E-state index in [2.05, 4.69) is 112 Å². The molecule has 5 N–H and O–H groups in total. The predicted octanol–water partition coefficient (Wildman–Crippen LogP) is 10.9. The van der Waals surface area contributed by atoms with Crippen molar-refractivity contribution < 1.29 is 9.59 Å². The fourth-order valence-electron chi connectivity index (χ4n) is 7.26. The third-order valence-corrected chi connectivity index (χ3v) is 15.2. The number of carbonyl (C=O) groups excluding carboxylic acids is 2. The van der Waals surface area contributed by atoms with Gasteiger partial charge in [0.2, 0.25) is 11.8 Å². The lowest BCUT2D eigenvalue weighted by molar-refractivity contribution is -0.116. The molecule has 0 saturated carbocycles. The molecule has 2 aromatic carbocycles. The molecule has 0 saturated heterocycles. The molecule has 2 aliphatic rings. The van der Waals surface area contributed by atoms with Crippen LogP contribution >= 0.6 is 45.3 Å². The highest BCUT2D eigenvalue weighted by atomic mass is 32.1. The predicted molar refractivity (Wildman–Crippen MR) is 268 cm³/mol. The number of aromatic nitrogens is 2. The number of nitrogens with one attached hydrogen (secondary N) is 3. The summed E-state index contributed by atoms with van der Waals surface area (Å²) in [6.07, 6.45) is 3.79. The van der Waals surface area contributed by atoms with Gasteiger partial charge < -0.3 is 21.7 Å². The first-order valence-corrected chi connectivity index (χ1v) is 25.2. The largest absolute Gasteiger partial charge is 0.330 e. The van der Waals surface area contributed by atoms with E-state index in [4.69, 9.17) is 15.7 Å². The van der Waals surface area contributed by atoms with E-state index in [1.807, 2.05) is 24.3 Å². The number of hydrogen-bond donors (Lipinski definition) is 4. The van der Waals surface area contributed by atoms with E-state index in [9.17, 15) is 9.59 Å². The van der Waals surface area contributed by atoms with Crippen LogP contribution in [0.3, 0.4) is 0 Å². The van der Waals surface area contributed by atoms with E-state index in [1.165, 1.54) is 36.4 Å². The number of thiophene rings is 2. The Labute approximate surface area is 384 Å². The Morgan fingerprint density at radius 3 is 1.61 bits per heavy atom. The molecular weight excluding hydrogens is 849 g/mol. The Morgan fingerprint density at radius 1 is 0.726 bits per heavy atom. The van der Waals surface area contributed by atoms with Gasteiger partial charge in [-0.25, -0.2) is 9.97 Å². The second-order valence-electron chi connectivity index (χ2n) is 17.2. The number of carbonyl (C=O) groups is 2. The topological polar surface area (TPSA) is 129 Å². The van der Waals surface area contributed by atoms with Crippen molar-refractivity contribution in [3.05, 3.63) is 82.1 Å². The Bertz CT molecular complexity index is 2370. The first kappa shape index (κ1) is 47.6. The average Bonchev–Trinajstić information content (AvgIpc) is 4.04. The van der Waals surface area contributed by atoms with Crippen molar-refractivity contribution in [2.24, 2.45) is 17.6 Å². The summed E-state index contributed by atoms with van der Waals surface area (Å²) in [5, 5.41) is 13.5. The number of nitrogens with two attached hydrogens (primary N) is 1. The molecule has 0 fully saturated rings. The first-order valence-electron chi connectivity index (χ1n) is 21.9. The fraction of sp³-hybridized carbons (Fsp3) is 0.458. The van der Waals surface area contributed by atoms with Crippen LogP contribution in [-0.2, 0) is 35.5 Å². The number of anilines is 2. The molecule has 6 aromatic rings. The summed E-state index contributed by atoms with van der Waals surface area (Å²) < 4.78 is 2.36. The summed E-state index contributed by atoms with van der Waals surface area (Å²) in [5.74, 6) is 1.14. The Morgan fingerprint density at radius 2 is 1.19 bits per heavy atom. The zero-order valence-electron chi connectivity index (χ0n) is 37.6. The second-order valence-corrected chi connectivity index (χ2v) is 21.5. The number of benzene rings is 2. The second kappa shape index (κ2) is 22.2. The van der Waals surface area contributed by atoms with Crippen LogP contribution in [0, 0.1) is 11.8 Å². The molecular formula is C48H64N8O2S4. The van der Waals surface area contributed by atoms with Crippen molar-refractivity contribution in [1.82, 2.24) is 25.1 Å². The van der Waals surface area contributed by atoms with Crippen molar-refractivity contribution >= 4 is 87.6 Å². The first-order chi connectivity index (χ1) is 29.8. The van der Waals surface area contributed by atoms with Crippen LogP contribution in [0.1, 0.15) is 82.7 Å². The van der Waals surface area contributed by atoms with E-state index < -0.39 is 0 Å². The van der Waals surface area contributed by atoms with Crippen molar-refractivity contribution in [3.8, 4) is 21.1 Å². The standard InChI is InChI=1S/C24H32N4OS2.C20H21N3OS2.C4H11N/c1-15(2)13-25-11-9-21(29)27-24-22(23-26-18-7-5-6-8-19(18)30-23)17-10-12-28(16(3)4)14-20(17)31-24;1-4-17(24)22-20-18(19-21-14-7-5-6-8-15(14)25-19)13-9-10-23(12(2)3)11-16(13)26-20;1-4(2)3-5/h5-8,15-16,25H,9-14H2,1-4H3,(H,27,29);4-8,12H,1,9-11H2,2-3H3,(H,22,24);4H,3,5H2,1-2H3. The van der Waals surface area contributed by atoms with Gasteiger partial charge in [-0.1, -0.05) is 58.5 Å². The number of amides is 2. The SMILES string of the molecule is C=CC(=O)Nc1sc2c(c1-c1nc3ccccc3s1)CCN(C(C)C)C2.CC(C)CN.CC(C)CNCCC(=O)Nc1sc2c(c1-c1nc3ccccc3s1)CCN(C(C)C)C2.